The Balaban J connectivity index is 0.000000690. The average molecular weight is 526 g/mol. The second-order valence-corrected chi connectivity index (χ2v) is 9.54. The number of rotatable bonds is 12. The summed E-state index contributed by atoms with van der Waals surface area (Å²) in [5, 5.41) is 2.98. The highest BCUT2D eigenvalue weighted by molar-refractivity contribution is 5.75. The van der Waals surface area contributed by atoms with Gasteiger partial charge in [-0.3, -0.25) is 0 Å². The number of hydrogen-bond donors (Lipinski definition) is 3. The van der Waals surface area contributed by atoms with Crippen LogP contribution >= 0.6 is 0 Å². The normalized spacial score (nSPS) is 10.5. The maximum Gasteiger partial charge on any atom is 0.128 e. The Morgan fingerprint density at radius 1 is 1.11 bits per heavy atom. The van der Waals surface area contributed by atoms with E-state index in [1.807, 2.05) is 32.0 Å². The van der Waals surface area contributed by atoms with Crippen molar-refractivity contribution in [1.82, 2.24) is 0 Å². The van der Waals surface area contributed by atoms with E-state index in [1.165, 1.54) is 42.7 Å². The van der Waals surface area contributed by atoms with Gasteiger partial charge in [-0.1, -0.05) is 84.2 Å². The molecule has 0 unspecified atom stereocenters. The number of nitrogens with one attached hydrogen (secondary N) is 1. The van der Waals surface area contributed by atoms with Crippen molar-refractivity contribution in [2.24, 2.45) is 17.4 Å². The van der Waals surface area contributed by atoms with Crippen molar-refractivity contribution in [3.63, 3.8) is 0 Å². The number of anilines is 1. The third-order valence-corrected chi connectivity index (χ3v) is 5.91. The molecule has 212 valence electrons. The first-order chi connectivity index (χ1) is 18.2. The van der Waals surface area contributed by atoms with E-state index in [2.05, 4.69) is 52.6 Å². The lowest BCUT2D eigenvalue weighted by atomic mass is 9.91. The van der Waals surface area contributed by atoms with Gasteiger partial charge in [-0.05, 0) is 69.0 Å². The number of methoxy groups -OCH3 is 1. The summed E-state index contributed by atoms with van der Waals surface area (Å²) in [5.74, 6) is 1.31. The molecule has 2 rings (SSSR count). The standard InChI is InChI=1S/C17H26N2O.C14H20FN.C2H6/c1-11(2)8-15(12(3)4)14-7-6-13(16(19)10-18)9-17(14)20-5;1-3-5-6-7-9-12-13(15)10-8-11-14(12)16-4-2;1-2/h6-7,9-11H,8,18-19H2,1-5H3;4,8,10-11,16H,2-3,5-7,9H2,1H3;1-2H3/b16-10-;;. The highest BCUT2D eigenvalue weighted by Gasteiger charge is 2.13. The molecule has 2 aromatic rings. The van der Waals surface area contributed by atoms with Crippen molar-refractivity contribution in [3.8, 4) is 5.75 Å². The molecule has 0 radical (unpaired) electrons. The van der Waals surface area contributed by atoms with Gasteiger partial charge < -0.3 is 21.5 Å². The van der Waals surface area contributed by atoms with E-state index in [1.54, 1.807) is 19.4 Å². The molecular weight excluding hydrogens is 473 g/mol. The van der Waals surface area contributed by atoms with Crippen LogP contribution in [-0.4, -0.2) is 7.11 Å². The lowest BCUT2D eigenvalue weighted by molar-refractivity contribution is 0.413. The minimum absolute atomic E-state index is 0.122. The molecule has 0 aliphatic heterocycles. The maximum atomic E-state index is 13.6. The Morgan fingerprint density at radius 3 is 2.32 bits per heavy atom. The van der Waals surface area contributed by atoms with Crippen molar-refractivity contribution in [2.75, 3.05) is 12.4 Å². The monoisotopic (exact) mass is 525 g/mol. The van der Waals surface area contributed by atoms with Crippen LogP contribution in [0.5, 0.6) is 5.75 Å². The molecule has 0 saturated carbocycles. The molecule has 0 aromatic heterocycles. The summed E-state index contributed by atoms with van der Waals surface area (Å²) in [7, 11) is 1.68. The van der Waals surface area contributed by atoms with E-state index in [4.69, 9.17) is 16.2 Å². The van der Waals surface area contributed by atoms with Gasteiger partial charge in [-0.25, -0.2) is 4.39 Å². The second-order valence-electron chi connectivity index (χ2n) is 9.54. The van der Waals surface area contributed by atoms with Crippen LogP contribution in [0.4, 0.5) is 10.1 Å². The quantitative estimate of drug-likeness (QED) is 0.241. The van der Waals surface area contributed by atoms with Gasteiger partial charge >= 0.3 is 0 Å². The van der Waals surface area contributed by atoms with Gasteiger partial charge in [0.25, 0.3) is 0 Å². The largest absolute Gasteiger partial charge is 0.496 e. The molecule has 0 aliphatic rings. The van der Waals surface area contributed by atoms with Gasteiger partial charge in [0.1, 0.15) is 11.6 Å². The van der Waals surface area contributed by atoms with Crippen molar-refractivity contribution in [2.45, 2.75) is 87.0 Å². The first kappa shape index (κ1) is 34.8. The summed E-state index contributed by atoms with van der Waals surface area (Å²) in [6.45, 7) is 18.5. The smallest absolute Gasteiger partial charge is 0.128 e. The van der Waals surface area contributed by atoms with Crippen molar-refractivity contribution < 1.29 is 9.13 Å². The predicted octanol–water partition coefficient (Wildman–Crippen LogP) is 9.28. The molecule has 0 atom stereocenters. The lowest BCUT2D eigenvalue weighted by Crippen LogP contribution is -2.02. The van der Waals surface area contributed by atoms with E-state index in [0.29, 0.717) is 11.6 Å². The maximum absolute atomic E-state index is 13.6. The van der Waals surface area contributed by atoms with Crippen molar-refractivity contribution in [1.29, 1.82) is 0 Å². The van der Waals surface area contributed by atoms with Gasteiger partial charge in [0, 0.05) is 28.6 Å². The molecule has 0 heterocycles. The van der Waals surface area contributed by atoms with Crippen LogP contribution in [0, 0.1) is 11.7 Å². The first-order valence-electron chi connectivity index (χ1n) is 13.9. The Bertz CT molecular complexity index is 1020. The highest BCUT2D eigenvalue weighted by atomic mass is 19.1. The molecule has 5 heteroatoms. The zero-order valence-corrected chi connectivity index (χ0v) is 25.1. The predicted molar refractivity (Wildman–Crippen MR) is 166 cm³/mol. The zero-order valence-electron chi connectivity index (χ0n) is 25.1. The van der Waals surface area contributed by atoms with Crippen LogP contribution in [0.3, 0.4) is 0 Å². The van der Waals surface area contributed by atoms with Crippen LogP contribution in [-0.2, 0) is 6.42 Å². The van der Waals surface area contributed by atoms with Crippen LogP contribution in [0.1, 0.15) is 97.3 Å². The van der Waals surface area contributed by atoms with E-state index >= 15 is 0 Å². The fourth-order valence-corrected chi connectivity index (χ4v) is 3.99. The summed E-state index contributed by atoms with van der Waals surface area (Å²) in [6, 6.07) is 11.1. The molecule has 0 saturated heterocycles. The summed E-state index contributed by atoms with van der Waals surface area (Å²) in [4.78, 5) is 0. The molecule has 0 amide bonds. The molecular formula is C33H52FN3O. The van der Waals surface area contributed by atoms with Gasteiger partial charge in [0.15, 0.2) is 0 Å². The van der Waals surface area contributed by atoms with Crippen molar-refractivity contribution in [3.05, 3.63) is 83.5 Å². The van der Waals surface area contributed by atoms with Gasteiger partial charge in [0.05, 0.1) is 12.8 Å². The average Bonchev–Trinajstić information content (AvgIpc) is 2.91. The third-order valence-electron chi connectivity index (χ3n) is 5.91. The Labute approximate surface area is 232 Å². The van der Waals surface area contributed by atoms with Crippen molar-refractivity contribution >= 4 is 17.0 Å². The summed E-state index contributed by atoms with van der Waals surface area (Å²) >= 11 is 0. The van der Waals surface area contributed by atoms with E-state index < -0.39 is 0 Å². The highest BCUT2D eigenvalue weighted by Crippen LogP contribution is 2.34. The Morgan fingerprint density at radius 2 is 1.79 bits per heavy atom. The molecule has 0 spiro atoms. The molecule has 38 heavy (non-hydrogen) atoms. The number of nitrogens with two attached hydrogens (primary N) is 2. The summed E-state index contributed by atoms with van der Waals surface area (Å²) in [5.41, 5.74) is 18.2. The fourth-order valence-electron chi connectivity index (χ4n) is 3.99. The molecule has 0 aliphatic carbocycles. The Hall–Kier alpha value is -3.21. The number of unbranched alkanes of at least 4 members (excludes halogenated alkanes) is 3. The van der Waals surface area contributed by atoms with Gasteiger partial charge in [-0.15, -0.1) is 0 Å². The number of halogens is 1. The van der Waals surface area contributed by atoms with E-state index in [-0.39, 0.29) is 5.82 Å². The third kappa shape index (κ3) is 11.9. The minimum atomic E-state index is -0.122. The molecule has 0 bridgehead atoms. The SMILES string of the molecule is C=CNc1cccc(F)c1CCCCCC.CC.COc1cc(/C(N)=C/N)ccc1C(CC(C)C)=C(C)C. The molecule has 4 nitrogen and oxygen atoms in total. The number of allylic oxidation sites excluding steroid dienone is 2. The molecule has 0 fully saturated rings. The fraction of sp³-hybridized carbons (Fsp3) is 0.455. The van der Waals surface area contributed by atoms with Crippen LogP contribution < -0.4 is 21.5 Å². The number of hydrogen-bond acceptors (Lipinski definition) is 4. The van der Waals surface area contributed by atoms with Crippen LogP contribution in [0.25, 0.3) is 11.3 Å². The second kappa shape index (κ2) is 19.8. The number of ether oxygens (including phenoxy) is 1. The zero-order chi connectivity index (χ0) is 29.1. The van der Waals surface area contributed by atoms with Gasteiger partial charge in [-0.2, -0.15) is 0 Å². The molecule has 5 N–H and O–H groups in total. The summed E-state index contributed by atoms with van der Waals surface area (Å²) in [6.07, 6.45) is 9.45. The summed E-state index contributed by atoms with van der Waals surface area (Å²) < 4.78 is 19.1. The minimum Gasteiger partial charge on any atom is -0.496 e. The topological polar surface area (TPSA) is 73.3 Å². The van der Waals surface area contributed by atoms with Crippen LogP contribution in [0.15, 0.2) is 61.0 Å². The lowest BCUT2D eigenvalue weighted by Gasteiger charge is -2.17. The first-order valence-corrected chi connectivity index (χ1v) is 13.9. The molecule has 2 aromatic carbocycles. The van der Waals surface area contributed by atoms with Gasteiger partial charge in [0.2, 0.25) is 0 Å². The number of benzene rings is 2. The van der Waals surface area contributed by atoms with E-state index in [0.717, 1.165) is 47.4 Å². The van der Waals surface area contributed by atoms with E-state index in [9.17, 15) is 4.39 Å². The Kier molecular flexibility index (Phi) is 18.2. The van der Waals surface area contributed by atoms with Crippen LogP contribution in [0.2, 0.25) is 0 Å².